The van der Waals surface area contributed by atoms with Crippen LogP contribution in [0.4, 0.5) is 0 Å². The molecule has 16 heavy (non-hydrogen) atoms. The number of benzene rings is 2. The topological polar surface area (TPSA) is 0 Å². The first-order valence-corrected chi connectivity index (χ1v) is 5.19. The van der Waals surface area contributed by atoms with Crippen molar-refractivity contribution in [2.75, 3.05) is 0 Å². The molecule has 2 aromatic rings. The van der Waals surface area contributed by atoms with Crippen molar-refractivity contribution in [2.24, 2.45) is 0 Å². The van der Waals surface area contributed by atoms with E-state index in [0.717, 1.165) is 6.42 Å². The zero-order chi connectivity index (χ0) is 10.1. The molecule has 0 atom stereocenters. The van der Waals surface area contributed by atoms with Gasteiger partial charge in [-0.25, -0.2) is 6.08 Å². The molecule has 0 N–H and O–H groups in total. The van der Waals surface area contributed by atoms with Gasteiger partial charge < -0.3 is 0 Å². The monoisotopic (exact) mass is 281 g/mol. The van der Waals surface area contributed by atoms with Gasteiger partial charge in [0.25, 0.3) is 0 Å². The van der Waals surface area contributed by atoms with Crippen LogP contribution in [0.3, 0.4) is 0 Å². The first-order valence-electron chi connectivity index (χ1n) is 5.19. The van der Waals surface area contributed by atoms with E-state index in [1.54, 1.807) is 0 Å². The summed E-state index contributed by atoms with van der Waals surface area (Å²) < 4.78 is 0. The Hall–Kier alpha value is -0.937. The van der Waals surface area contributed by atoms with E-state index in [1.165, 1.54) is 22.3 Å². The van der Waals surface area contributed by atoms with Crippen molar-refractivity contribution in [1.82, 2.24) is 0 Å². The Kier molecular flexibility index (Phi) is 3.56. The summed E-state index contributed by atoms with van der Waals surface area (Å²) >= 11 is 0. The average Bonchev–Trinajstić information content (AvgIpc) is 2.78. The van der Waals surface area contributed by atoms with E-state index in [1.807, 2.05) is 0 Å². The van der Waals surface area contributed by atoms with Gasteiger partial charge in [-0.15, -0.1) is 12.0 Å². The Balaban J connectivity index is 0.000000963. The number of allylic oxidation sites excluding steroid dienone is 1. The van der Waals surface area contributed by atoms with E-state index in [0.29, 0.717) is 0 Å². The van der Waals surface area contributed by atoms with E-state index in [2.05, 4.69) is 60.7 Å². The van der Waals surface area contributed by atoms with Gasteiger partial charge in [0.2, 0.25) is 0 Å². The molecule has 0 amide bonds. The maximum Gasteiger partial charge on any atom is 0 e. The molecule has 76 valence electrons. The SMILES string of the molecule is [C-]1=Cc2c(cccc2-c2ccccc2)C1.[Zr]. The number of hydrogen-bond acceptors (Lipinski definition) is 0. The number of rotatable bonds is 1. The Morgan fingerprint density at radius 1 is 0.875 bits per heavy atom. The predicted molar refractivity (Wildman–Crippen MR) is 63.3 cm³/mol. The fourth-order valence-corrected chi connectivity index (χ4v) is 2.07. The Morgan fingerprint density at radius 2 is 1.69 bits per heavy atom. The normalized spacial score (nSPS) is 12.0. The van der Waals surface area contributed by atoms with Crippen molar-refractivity contribution < 1.29 is 26.2 Å². The van der Waals surface area contributed by atoms with E-state index in [9.17, 15) is 0 Å². The van der Waals surface area contributed by atoms with Gasteiger partial charge in [-0.2, -0.15) is 5.56 Å². The Labute approximate surface area is 115 Å². The van der Waals surface area contributed by atoms with Crippen molar-refractivity contribution in [3.63, 3.8) is 0 Å². The minimum Gasteiger partial charge on any atom is -0.272 e. The van der Waals surface area contributed by atoms with Gasteiger partial charge in [-0.1, -0.05) is 54.1 Å². The zero-order valence-corrected chi connectivity index (χ0v) is 11.4. The quantitative estimate of drug-likeness (QED) is 0.699. The van der Waals surface area contributed by atoms with Crippen LogP contribution >= 0.6 is 0 Å². The first-order chi connectivity index (χ1) is 7.45. The second-order valence-corrected chi connectivity index (χ2v) is 3.77. The fourth-order valence-electron chi connectivity index (χ4n) is 2.07. The third-order valence-electron chi connectivity index (χ3n) is 2.82. The fraction of sp³-hybridized carbons (Fsp3) is 0.0667. The van der Waals surface area contributed by atoms with Gasteiger partial charge in [-0.05, 0) is 5.56 Å². The van der Waals surface area contributed by atoms with Crippen molar-refractivity contribution in [2.45, 2.75) is 6.42 Å². The molecule has 0 aliphatic heterocycles. The minimum atomic E-state index is 0. The molecular weight excluding hydrogens is 271 g/mol. The molecule has 0 saturated carbocycles. The second kappa shape index (κ2) is 4.93. The van der Waals surface area contributed by atoms with Gasteiger partial charge in [0.05, 0.1) is 0 Å². The van der Waals surface area contributed by atoms with Gasteiger partial charge >= 0.3 is 0 Å². The van der Waals surface area contributed by atoms with Crippen molar-refractivity contribution >= 4 is 6.08 Å². The van der Waals surface area contributed by atoms with Crippen LogP contribution in [-0.4, -0.2) is 0 Å². The molecule has 0 aromatic heterocycles. The van der Waals surface area contributed by atoms with E-state index in [4.69, 9.17) is 0 Å². The van der Waals surface area contributed by atoms with Gasteiger partial charge in [0.15, 0.2) is 0 Å². The standard InChI is InChI=1S/C15H11.Zr/c1-2-6-12(7-3-1)14-10-4-8-13-9-5-11-15(13)14;/h1-4,6-8,10-11H,9H2;/q-1;. The molecule has 1 aliphatic rings. The number of fused-ring (bicyclic) bond motifs is 1. The smallest absolute Gasteiger partial charge is 0 e. The number of hydrogen-bond donors (Lipinski definition) is 0. The molecule has 0 bridgehead atoms. The molecule has 1 heteroatoms. The molecule has 0 saturated heterocycles. The van der Waals surface area contributed by atoms with E-state index < -0.39 is 0 Å². The van der Waals surface area contributed by atoms with Crippen LogP contribution in [0, 0.1) is 6.08 Å². The molecule has 0 fully saturated rings. The zero-order valence-electron chi connectivity index (χ0n) is 8.90. The summed E-state index contributed by atoms with van der Waals surface area (Å²) in [4.78, 5) is 0. The Morgan fingerprint density at radius 3 is 2.50 bits per heavy atom. The van der Waals surface area contributed by atoms with Crippen molar-refractivity contribution in [1.29, 1.82) is 0 Å². The summed E-state index contributed by atoms with van der Waals surface area (Å²) in [6, 6.07) is 17.0. The second-order valence-electron chi connectivity index (χ2n) is 3.77. The van der Waals surface area contributed by atoms with Crippen LogP contribution in [0.1, 0.15) is 11.1 Å². The van der Waals surface area contributed by atoms with E-state index >= 15 is 0 Å². The van der Waals surface area contributed by atoms with Crippen molar-refractivity contribution in [3.05, 3.63) is 65.7 Å². The summed E-state index contributed by atoms with van der Waals surface area (Å²) in [7, 11) is 0. The maximum absolute atomic E-state index is 3.27. The van der Waals surface area contributed by atoms with Crippen molar-refractivity contribution in [3.8, 4) is 11.1 Å². The molecule has 0 spiro atoms. The summed E-state index contributed by atoms with van der Waals surface area (Å²) in [6.45, 7) is 0. The minimum absolute atomic E-state index is 0. The van der Waals surface area contributed by atoms with Crippen LogP contribution in [0.15, 0.2) is 48.5 Å². The summed E-state index contributed by atoms with van der Waals surface area (Å²) in [5.74, 6) is 0. The van der Waals surface area contributed by atoms with Crippen LogP contribution in [-0.2, 0) is 32.6 Å². The largest absolute Gasteiger partial charge is 0.272 e. The van der Waals surface area contributed by atoms with Gasteiger partial charge in [0, 0.05) is 26.2 Å². The van der Waals surface area contributed by atoms with Gasteiger partial charge in [-0.3, -0.25) is 6.08 Å². The summed E-state index contributed by atoms with van der Waals surface area (Å²) in [6.07, 6.45) is 6.34. The maximum atomic E-state index is 3.27. The molecule has 0 heterocycles. The molecule has 1 aliphatic carbocycles. The average molecular weight is 282 g/mol. The third kappa shape index (κ3) is 1.97. The molecule has 0 unspecified atom stereocenters. The van der Waals surface area contributed by atoms with Crippen LogP contribution in [0.25, 0.3) is 17.2 Å². The summed E-state index contributed by atoms with van der Waals surface area (Å²) in [5.41, 5.74) is 5.33. The third-order valence-corrected chi connectivity index (χ3v) is 2.82. The molecule has 0 nitrogen and oxygen atoms in total. The molecule has 0 radical (unpaired) electrons. The van der Waals surface area contributed by atoms with Gasteiger partial charge in [0.1, 0.15) is 0 Å². The van der Waals surface area contributed by atoms with Crippen LogP contribution in [0.5, 0.6) is 0 Å². The Bertz CT molecular complexity index is 512. The molecular formula is C15H11Zr-. The predicted octanol–water partition coefficient (Wildman–Crippen LogP) is 3.72. The van der Waals surface area contributed by atoms with Crippen LogP contribution < -0.4 is 0 Å². The van der Waals surface area contributed by atoms with Crippen LogP contribution in [0.2, 0.25) is 0 Å². The first kappa shape index (κ1) is 11.5. The molecule has 3 rings (SSSR count). The molecule has 2 aromatic carbocycles. The van der Waals surface area contributed by atoms with E-state index in [-0.39, 0.29) is 26.2 Å². The summed E-state index contributed by atoms with van der Waals surface area (Å²) in [5, 5.41) is 0.